The lowest BCUT2D eigenvalue weighted by Crippen LogP contribution is -2.14. The Bertz CT molecular complexity index is 388. The molecule has 1 amide bonds. The number of aromatic nitrogens is 1. The van der Waals surface area contributed by atoms with Gasteiger partial charge in [0.1, 0.15) is 5.69 Å². The third-order valence-corrected chi connectivity index (χ3v) is 2.29. The Kier molecular flexibility index (Phi) is 2.45. The zero-order chi connectivity index (χ0) is 10.8. The summed E-state index contributed by atoms with van der Waals surface area (Å²) in [5, 5.41) is 0. The minimum absolute atomic E-state index is 0.176. The summed E-state index contributed by atoms with van der Waals surface area (Å²) in [6, 6.07) is 3.07. The van der Waals surface area contributed by atoms with Crippen molar-refractivity contribution in [3.63, 3.8) is 0 Å². The Morgan fingerprint density at radius 1 is 1.53 bits per heavy atom. The van der Waals surface area contributed by atoms with Gasteiger partial charge in [0.05, 0.1) is 12.3 Å². The number of hydrogen-bond acceptors (Lipinski definition) is 4. The molecule has 0 bridgehead atoms. The summed E-state index contributed by atoms with van der Waals surface area (Å²) in [5.74, 6) is 0.341. The van der Waals surface area contributed by atoms with E-state index in [0.29, 0.717) is 24.1 Å². The third kappa shape index (κ3) is 2.37. The van der Waals surface area contributed by atoms with Crippen molar-refractivity contribution in [2.75, 3.05) is 12.3 Å². The van der Waals surface area contributed by atoms with Crippen LogP contribution in [0.2, 0.25) is 0 Å². The zero-order valence-electron chi connectivity index (χ0n) is 8.27. The summed E-state index contributed by atoms with van der Waals surface area (Å²) in [4.78, 5) is 14.8. The fourth-order valence-corrected chi connectivity index (χ4v) is 1.19. The highest BCUT2D eigenvalue weighted by Crippen LogP contribution is 2.30. The van der Waals surface area contributed by atoms with E-state index in [1.807, 2.05) is 0 Å². The smallest absolute Gasteiger partial charge is 0.267 e. The molecule has 4 N–H and O–H groups in total. The van der Waals surface area contributed by atoms with Crippen molar-refractivity contribution in [1.29, 1.82) is 0 Å². The van der Waals surface area contributed by atoms with Crippen LogP contribution < -0.4 is 16.2 Å². The lowest BCUT2D eigenvalue weighted by molar-refractivity contribution is 0.0994. The molecular weight excluding hydrogens is 194 g/mol. The first-order valence-corrected chi connectivity index (χ1v) is 4.86. The van der Waals surface area contributed by atoms with Gasteiger partial charge in [0, 0.05) is 0 Å². The van der Waals surface area contributed by atoms with Crippen LogP contribution in [0.1, 0.15) is 23.3 Å². The molecule has 80 valence electrons. The van der Waals surface area contributed by atoms with Crippen LogP contribution in [0.15, 0.2) is 12.1 Å². The molecule has 1 aromatic heterocycles. The van der Waals surface area contributed by atoms with Gasteiger partial charge in [0.15, 0.2) is 0 Å². The van der Waals surface area contributed by atoms with Crippen LogP contribution in [0.3, 0.4) is 0 Å². The minimum atomic E-state index is -0.578. The molecular formula is C10H13N3O2. The first-order valence-electron chi connectivity index (χ1n) is 4.86. The summed E-state index contributed by atoms with van der Waals surface area (Å²) < 4.78 is 5.41. The van der Waals surface area contributed by atoms with E-state index in [1.54, 1.807) is 6.07 Å². The zero-order valence-corrected chi connectivity index (χ0v) is 8.27. The molecule has 0 atom stereocenters. The molecule has 0 saturated heterocycles. The van der Waals surface area contributed by atoms with Crippen LogP contribution in [-0.2, 0) is 0 Å². The van der Waals surface area contributed by atoms with Crippen molar-refractivity contribution in [1.82, 2.24) is 4.98 Å². The molecule has 1 aromatic rings. The number of ether oxygens (including phenoxy) is 1. The molecule has 2 rings (SSSR count). The average molecular weight is 207 g/mol. The van der Waals surface area contributed by atoms with Gasteiger partial charge >= 0.3 is 0 Å². The Hall–Kier alpha value is -1.78. The molecule has 1 aliphatic rings. The number of rotatable bonds is 4. The van der Waals surface area contributed by atoms with Crippen molar-refractivity contribution in [3.8, 4) is 5.88 Å². The quantitative estimate of drug-likeness (QED) is 0.754. The second kappa shape index (κ2) is 3.76. The largest absolute Gasteiger partial charge is 0.476 e. The van der Waals surface area contributed by atoms with Gasteiger partial charge in [0.2, 0.25) is 5.88 Å². The van der Waals surface area contributed by atoms with Crippen LogP contribution in [0, 0.1) is 5.92 Å². The SMILES string of the molecule is NC(=O)c1ccc(N)c(OCC2CC2)n1. The van der Waals surface area contributed by atoms with E-state index in [4.69, 9.17) is 16.2 Å². The number of anilines is 1. The number of amides is 1. The van der Waals surface area contributed by atoms with E-state index in [1.165, 1.54) is 18.9 Å². The number of carbonyl (C=O) groups excluding carboxylic acids is 1. The monoisotopic (exact) mass is 207 g/mol. The lowest BCUT2D eigenvalue weighted by atomic mass is 10.3. The Morgan fingerprint density at radius 2 is 2.27 bits per heavy atom. The van der Waals surface area contributed by atoms with Gasteiger partial charge in [-0.15, -0.1) is 0 Å². The predicted molar refractivity (Wildman–Crippen MR) is 55.4 cm³/mol. The van der Waals surface area contributed by atoms with Crippen molar-refractivity contribution >= 4 is 11.6 Å². The standard InChI is InChI=1S/C10H13N3O2/c11-7-3-4-8(9(12)14)13-10(7)15-5-6-1-2-6/h3-4,6H,1-2,5,11H2,(H2,12,14). The molecule has 1 fully saturated rings. The number of nitrogens with two attached hydrogens (primary N) is 2. The number of pyridine rings is 1. The lowest BCUT2D eigenvalue weighted by Gasteiger charge is -2.07. The number of hydrogen-bond donors (Lipinski definition) is 2. The number of carbonyl (C=O) groups is 1. The molecule has 15 heavy (non-hydrogen) atoms. The molecule has 1 heterocycles. The van der Waals surface area contributed by atoms with Gasteiger partial charge in [-0.2, -0.15) is 0 Å². The van der Waals surface area contributed by atoms with Crippen molar-refractivity contribution < 1.29 is 9.53 Å². The first-order chi connectivity index (χ1) is 7.16. The molecule has 0 radical (unpaired) electrons. The van der Waals surface area contributed by atoms with Crippen molar-refractivity contribution in [3.05, 3.63) is 17.8 Å². The Labute approximate surface area is 87.4 Å². The van der Waals surface area contributed by atoms with Gasteiger partial charge in [-0.05, 0) is 30.9 Å². The van der Waals surface area contributed by atoms with Crippen molar-refractivity contribution in [2.45, 2.75) is 12.8 Å². The van der Waals surface area contributed by atoms with Gasteiger partial charge in [-0.25, -0.2) is 4.98 Å². The Balaban J connectivity index is 2.12. The topological polar surface area (TPSA) is 91.2 Å². The van der Waals surface area contributed by atoms with Crippen LogP contribution in [0.25, 0.3) is 0 Å². The van der Waals surface area contributed by atoms with E-state index >= 15 is 0 Å². The first kappa shape index (κ1) is 9.76. The van der Waals surface area contributed by atoms with Gasteiger partial charge in [-0.3, -0.25) is 4.79 Å². The van der Waals surface area contributed by atoms with Gasteiger partial charge < -0.3 is 16.2 Å². The normalized spacial score (nSPS) is 14.9. The van der Waals surface area contributed by atoms with E-state index < -0.39 is 5.91 Å². The third-order valence-electron chi connectivity index (χ3n) is 2.29. The number of nitrogens with zero attached hydrogens (tertiary/aromatic N) is 1. The summed E-state index contributed by atoms with van der Waals surface area (Å²) in [5.41, 5.74) is 11.4. The molecule has 5 heteroatoms. The van der Waals surface area contributed by atoms with Gasteiger partial charge in [0.25, 0.3) is 5.91 Å². The molecule has 1 aliphatic carbocycles. The Morgan fingerprint density at radius 3 is 2.87 bits per heavy atom. The molecule has 0 aliphatic heterocycles. The molecule has 1 saturated carbocycles. The summed E-state index contributed by atoms with van der Waals surface area (Å²) in [7, 11) is 0. The fourth-order valence-electron chi connectivity index (χ4n) is 1.19. The predicted octanol–water partition coefficient (Wildman–Crippen LogP) is 0.551. The maximum absolute atomic E-state index is 10.9. The highest BCUT2D eigenvalue weighted by molar-refractivity contribution is 5.91. The highest BCUT2D eigenvalue weighted by atomic mass is 16.5. The van der Waals surface area contributed by atoms with Crippen LogP contribution in [-0.4, -0.2) is 17.5 Å². The maximum atomic E-state index is 10.9. The van der Waals surface area contributed by atoms with Crippen LogP contribution in [0.5, 0.6) is 5.88 Å². The second-order valence-electron chi connectivity index (χ2n) is 3.71. The summed E-state index contributed by atoms with van der Waals surface area (Å²) in [6.07, 6.45) is 2.38. The number of primary amides is 1. The molecule has 0 unspecified atom stereocenters. The summed E-state index contributed by atoms with van der Waals surface area (Å²) in [6.45, 7) is 0.611. The highest BCUT2D eigenvalue weighted by Gasteiger charge is 2.22. The van der Waals surface area contributed by atoms with E-state index in [-0.39, 0.29) is 5.69 Å². The van der Waals surface area contributed by atoms with E-state index in [0.717, 1.165) is 0 Å². The fraction of sp³-hybridized carbons (Fsp3) is 0.400. The molecule has 0 spiro atoms. The molecule has 5 nitrogen and oxygen atoms in total. The maximum Gasteiger partial charge on any atom is 0.267 e. The minimum Gasteiger partial charge on any atom is -0.476 e. The molecule has 0 aromatic carbocycles. The van der Waals surface area contributed by atoms with E-state index in [9.17, 15) is 4.79 Å². The van der Waals surface area contributed by atoms with Crippen LogP contribution in [0.4, 0.5) is 5.69 Å². The van der Waals surface area contributed by atoms with Gasteiger partial charge in [-0.1, -0.05) is 0 Å². The number of nitrogen functional groups attached to an aromatic ring is 1. The van der Waals surface area contributed by atoms with E-state index in [2.05, 4.69) is 4.98 Å². The van der Waals surface area contributed by atoms with Crippen LogP contribution >= 0.6 is 0 Å². The second-order valence-corrected chi connectivity index (χ2v) is 3.71. The summed E-state index contributed by atoms with van der Waals surface area (Å²) >= 11 is 0. The van der Waals surface area contributed by atoms with Crippen molar-refractivity contribution in [2.24, 2.45) is 11.7 Å². The average Bonchev–Trinajstić information content (AvgIpc) is 3.00.